The van der Waals surface area contributed by atoms with Gasteiger partial charge in [-0.05, 0) is 17.7 Å². The molecule has 0 saturated carbocycles. The van der Waals surface area contributed by atoms with Gasteiger partial charge < -0.3 is 5.11 Å². The van der Waals surface area contributed by atoms with E-state index in [1.807, 2.05) is 42.5 Å². The van der Waals surface area contributed by atoms with Gasteiger partial charge in [0.1, 0.15) is 5.60 Å². The molecule has 0 spiro atoms. The smallest absolute Gasteiger partial charge is 0.137 e. The first kappa shape index (κ1) is 16.6. The van der Waals surface area contributed by atoms with Crippen molar-refractivity contribution < 1.29 is 5.11 Å². The molecule has 1 N–H and O–H groups in total. The molecule has 0 radical (unpaired) electrons. The molecule has 4 heteroatoms. The van der Waals surface area contributed by atoms with E-state index in [2.05, 4.69) is 39.2 Å². The molecule has 4 nitrogen and oxygen atoms in total. The Hall–Kier alpha value is -2.82. The first-order valence-electron chi connectivity index (χ1n) is 8.77. The molecule has 0 bridgehead atoms. The summed E-state index contributed by atoms with van der Waals surface area (Å²) in [5.41, 5.74) is 1.31. The van der Waals surface area contributed by atoms with Crippen molar-refractivity contribution >= 4 is 0 Å². The van der Waals surface area contributed by atoms with Crippen molar-refractivity contribution in [3.63, 3.8) is 0 Å². The van der Waals surface area contributed by atoms with Crippen molar-refractivity contribution in [2.24, 2.45) is 0 Å². The number of aliphatic hydroxyl groups is 1. The van der Waals surface area contributed by atoms with Crippen LogP contribution in [0.15, 0.2) is 91.5 Å². The highest BCUT2D eigenvalue weighted by molar-refractivity contribution is 5.40. The van der Waals surface area contributed by atoms with Crippen LogP contribution in [0.5, 0.6) is 0 Å². The maximum absolute atomic E-state index is 12.2. The van der Waals surface area contributed by atoms with E-state index in [9.17, 15) is 5.11 Å². The lowest BCUT2D eigenvalue weighted by Gasteiger charge is -2.42. The van der Waals surface area contributed by atoms with Crippen LogP contribution < -0.4 is 0 Å². The van der Waals surface area contributed by atoms with Crippen LogP contribution in [0, 0.1) is 0 Å². The largest absolute Gasteiger partial charge is 0.378 e. The van der Waals surface area contributed by atoms with Gasteiger partial charge in [0, 0.05) is 49.0 Å². The van der Waals surface area contributed by atoms with E-state index in [4.69, 9.17) is 0 Å². The van der Waals surface area contributed by atoms with Gasteiger partial charge in [-0.3, -0.25) is 14.9 Å². The van der Waals surface area contributed by atoms with E-state index in [1.54, 1.807) is 24.8 Å². The molecule has 1 aliphatic heterocycles. The second kappa shape index (κ2) is 7.20. The Balaban J connectivity index is 1.93. The molecule has 1 aliphatic rings. The maximum atomic E-state index is 12.2. The van der Waals surface area contributed by atoms with Crippen LogP contribution in [0.1, 0.15) is 22.7 Å². The molecule has 0 fully saturated rings. The molecule has 1 atom stereocenters. The zero-order chi connectivity index (χ0) is 17.8. The van der Waals surface area contributed by atoms with Gasteiger partial charge in [-0.1, -0.05) is 54.6 Å². The van der Waals surface area contributed by atoms with E-state index < -0.39 is 5.60 Å². The van der Waals surface area contributed by atoms with Crippen molar-refractivity contribution in [3.05, 3.63) is 108 Å². The minimum absolute atomic E-state index is 0.257. The molecule has 0 amide bonds. The number of hydrogen-bond donors (Lipinski definition) is 1. The Morgan fingerprint density at radius 3 is 1.88 bits per heavy atom. The molecule has 0 saturated heterocycles. The molecule has 1 unspecified atom stereocenters. The lowest BCUT2D eigenvalue weighted by Crippen LogP contribution is -2.44. The van der Waals surface area contributed by atoms with Crippen molar-refractivity contribution in [2.45, 2.75) is 11.6 Å². The number of pyridine rings is 2. The molecule has 0 aliphatic carbocycles. The minimum atomic E-state index is -1.27. The van der Waals surface area contributed by atoms with E-state index in [0.717, 1.165) is 29.8 Å². The molecule has 26 heavy (non-hydrogen) atoms. The third-order valence-electron chi connectivity index (χ3n) is 4.93. The van der Waals surface area contributed by atoms with Crippen LogP contribution in [0.25, 0.3) is 0 Å². The molecule has 4 rings (SSSR count). The monoisotopic (exact) mass is 343 g/mol. The molecule has 1 aromatic carbocycles. The van der Waals surface area contributed by atoms with Gasteiger partial charge in [0.25, 0.3) is 0 Å². The Morgan fingerprint density at radius 2 is 1.38 bits per heavy atom. The SMILES string of the molecule is OC(c1cccnc1)(c1cccnc1)C(c1ccccc1)N1CC=CC1. The quantitative estimate of drug-likeness (QED) is 0.722. The van der Waals surface area contributed by atoms with E-state index >= 15 is 0 Å². The fourth-order valence-electron chi connectivity index (χ4n) is 3.72. The average molecular weight is 343 g/mol. The summed E-state index contributed by atoms with van der Waals surface area (Å²) in [6.07, 6.45) is 11.2. The summed E-state index contributed by atoms with van der Waals surface area (Å²) in [7, 11) is 0. The summed E-state index contributed by atoms with van der Waals surface area (Å²) in [5, 5.41) is 12.2. The summed E-state index contributed by atoms with van der Waals surface area (Å²) in [4.78, 5) is 10.8. The van der Waals surface area contributed by atoms with Crippen LogP contribution in [0.3, 0.4) is 0 Å². The maximum Gasteiger partial charge on any atom is 0.137 e. The van der Waals surface area contributed by atoms with Crippen LogP contribution in [0.4, 0.5) is 0 Å². The normalized spacial score (nSPS) is 15.9. The second-order valence-electron chi connectivity index (χ2n) is 6.49. The summed E-state index contributed by atoms with van der Waals surface area (Å²) in [6, 6.07) is 17.5. The summed E-state index contributed by atoms with van der Waals surface area (Å²) >= 11 is 0. The van der Waals surface area contributed by atoms with Gasteiger partial charge in [-0.2, -0.15) is 0 Å². The Morgan fingerprint density at radius 1 is 0.808 bits per heavy atom. The zero-order valence-electron chi connectivity index (χ0n) is 14.4. The summed E-state index contributed by atoms with van der Waals surface area (Å²) in [6.45, 7) is 1.59. The van der Waals surface area contributed by atoms with Crippen molar-refractivity contribution in [2.75, 3.05) is 13.1 Å². The van der Waals surface area contributed by atoms with Crippen molar-refractivity contribution in [1.29, 1.82) is 0 Å². The average Bonchev–Trinajstić information content (AvgIpc) is 3.24. The number of nitrogens with zero attached hydrogens (tertiary/aromatic N) is 3. The molecule has 3 heterocycles. The number of hydrogen-bond acceptors (Lipinski definition) is 4. The van der Waals surface area contributed by atoms with Gasteiger partial charge in [0.05, 0.1) is 6.04 Å². The highest BCUT2D eigenvalue weighted by atomic mass is 16.3. The Labute approximate surface area is 153 Å². The Kier molecular flexibility index (Phi) is 4.61. The third-order valence-corrected chi connectivity index (χ3v) is 4.93. The number of benzene rings is 1. The molecule has 3 aromatic rings. The fraction of sp³-hybridized carbons (Fsp3) is 0.182. The third kappa shape index (κ3) is 2.94. The Bertz CT molecular complexity index is 818. The lowest BCUT2D eigenvalue weighted by molar-refractivity contribution is -0.0133. The van der Waals surface area contributed by atoms with Crippen LogP contribution in [-0.4, -0.2) is 33.1 Å². The fourth-order valence-corrected chi connectivity index (χ4v) is 3.72. The first-order valence-corrected chi connectivity index (χ1v) is 8.77. The van der Waals surface area contributed by atoms with Gasteiger partial charge in [-0.25, -0.2) is 0 Å². The van der Waals surface area contributed by atoms with Gasteiger partial charge in [0.15, 0.2) is 0 Å². The van der Waals surface area contributed by atoms with Gasteiger partial charge >= 0.3 is 0 Å². The van der Waals surface area contributed by atoms with Gasteiger partial charge in [-0.15, -0.1) is 0 Å². The summed E-state index contributed by atoms with van der Waals surface area (Å²) < 4.78 is 0. The molecule has 2 aromatic heterocycles. The molecular weight excluding hydrogens is 322 g/mol. The predicted molar refractivity (Wildman–Crippen MR) is 101 cm³/mol. The van der Waals surface area contributed by atoms with Crippen LogP contribution >= 0.6 is 0 Å². The van der Waals surface area contributed by atoms with E-state index in [0.29, 0.717) is 0 Å². The molecular formula is C22H21N3O. The second-order valence-corrected chi connectivity index (χ2v) is 6.49. The van der Waals surface area contributed by atoms with E-state index in [-0.39, 0.29) is 6.04 Å². The minimum Gasteiger partial charge on any atom is -0.378 e. The van der Waals surface area contributed by atoms with Crippen LogP contribution in [-0.2, 0) is 5.60 Å². The number of rotatable bonds is 5. The standard InChI is InChI=1S/C22H21N3O/c26-22(19-10-6-12-23-16-19,20-11-7-13-24-17-20)21(25-14-4-5-15-25)18-8-2-1-3-9-18/h1-13,16-17,21,26H,14-15H2. The first-order chi connectivity index (χ1) is 12.8. The highest BCUT2D eigenvalue weighted by Gasteiger charge is 2.44. The molecule has 130 valence electrons. The zero-order valence-corrected chi connectivity index (χ0v) is 14.4. The van der Waals surface area contributed by atoms with Gasteiger partial charge in [0.2, 0.25) is 0 Å². The predicted octanol–water partition coefficient (Wildman–Crippen LogP) is 3.33. The highest BCUT2D eigenvalue weighted by Crippen LogP contribution is 2.44. The van der Waals surface area contributed by atoms with Crippen molar-refractivity contribution in [3.8, 4) is 0 Å². The topological polar surface area (TPSA) is 49.3 Å². The lowest BCUT2D eigenvalue weighted by atomic mass is 9.77. The van der Waals surface area contributed by atoms with E-state index in [1.165, 1.54) is 0 Å². The van der Waals surface area contributed by atoms with Crippen LogP contribution in [0.2, 0.25) is 0 Å². The van der Waals surface area contributed by atoms with Crippen molar-refractivity contribution in [1.82, 2.24) is 14.9 Å². The summed E-state index contributed by atoms with van der Waals surface area (Å²) in [5.74, 6) is 0. The number of aromatic nitrogens is 2.